The number of aryl methyl sites for hydroxylation is 1. The van der Waals surface area contributed by atoms with Gasteiger partial charge < -0.3 is 4.90 Å². The van der Waals surface area contributed by atoms with Crippen molar-refractivity contribution in [3.8, 4) is 0 Å². The highest BCUT2D eigenvalue weighted by Gasteiger charge is 2.31. The van der Waals surface area contributed by atoms with E-state index in [0.717, 1.165) is 17.7 Å². The zero-order valence-corrected chi connectivity index (χ0v) is 13.3. The van der Waals surface area contributed by atoms with Crippen molar-refractivity contribution >= 4 is 17.7 Å². The Morgan fingerprint density at radius 1 is 1.27 bits per heavy atom. The van der Waals surface area contributed by atoms with Gasteiger partial charge in [-0.1, -0.05) is 31.2 Å². The molecule has 22 heavy (non-hydrogen) atoms. The summed E-state index contributed by atoms with van der Waals surface area (Å²) in [6, 6.07) is 14.3. The second kappa shape index (κ2) is 6.53. The van der Waals surface area contributed by atoms with Gasteiger partial charge in [0.15, 0.2) is 0 Å². The van der Waals surface area contributed by atoms with Crippen LogP contribution in [0.15, 0.2) is 48.5 Å². The molecule has 0 spiro atoms. The van der Waals surface area contributed by atoms with Crippen LogP contribution in [0.1, 0.15) is 33.8 Å². The first-order chi connectivity index (χ1) is 10.7. The van der Waals surface area contributed by atoms with Gasteiger partial charge >= 0.3 is 0 Å². The SMILES string of the molecule is CCc1ccc(C(=O)N2CCS[C@H]2c2cccc(F)c2)cc1. The molecule has 0 aliphatic carbocycles. The molecule has 1 aliphatic heterocycles. The number of amides is 1. The molecule has 114 valence electrons. The summed E-state index contributed by atoms with van der Waals surface area (Å²) < 4.78 is 13.4. The lowest BCUT2D eigenvalue weighted by Crippen LogP contribution is -2.30. The van der Waals surface area contributed by atoms with E-state index in [9.17, 15) is 9.18 Å². The first-order valence-corrected chi connectivity index (χ1v) is 8.51. The van der Waals surface area contributed by atoms with Crippen LogP contribution in [0.4, 0.5) is 4.39 Å². The summed E-state index contributed by atoms with van der Waals surface area (Å²) >= 11 is 1.68. The average molecular weight is 315 g/mol. The molecule has 0 saturated carbocycles. The van der Waals surface area contributed by atoms with Gasteiger partial charge in [-0.3, -0.25) is 4.79 Å². The van der Waals surface area contributed by atoms with Crippen LogP contribution in [0.3, 0.4) is 0 Å². The van der Waals surface area contributed by atoms with E-state index >= 15 is 0 Å². The van der Waals surface area contributed by atoms with E-state index < -0.39 is 0 Å². The van der Waals surface area contributed by atoms with Gasteiger partial charge in [-0.25, -0.2) is 4.39 Å². The molecule has 1 aliphatic rings. The summed E-state index contributed by atoms with van der Waals surface area (Å²) in [6.07, 6.45) is 0.958. The van der Waals surface area contributed by atoms with Crippen LogP contribution >= 0.6 is 11.8 Å². The Kier molecular flexibility index (Phi) is 4.48. The Labute approximate surface area is 134 Å². The van der Waals surface area contributed by atoms with Gasteiger partial charge in [0, 0.05) is 17.9 Å². The molecule has 1 fully saturated rings. The van der Waals surface area contributed by atoms with Gasteiger partial charge in [-0.15, -0.1) is 11.8 Å². The monoisotopic (exact) mass is 315 g/mol. The second-order valence-electron chi connectivity index (χ2n) is 5.33. The molecule has 2 aromatic rings. The number of nitrogens with zero attached hydrogens (tertiary/aromatic N) is 1. The lowest BCUT2D eigenvalue weighted by atomic mass is 10.1. The predicted octanol–water partition coefficient (Wildman–Crippen LogP) is 4.28. The highest BCUT2D eigenvalue weighted by Crippen LogP contribution is 2.38. The highest BCUT2D eigenvalue weighted by molar-refractivity contribution is 7.99. The van der Waals surface area contributed by atoms with Crippen LogP contribution in [0, 0.1) is 5.82 Å². The van der Waals surface area contributed by atoms with Gasteiger partial charge in [-0.2, -0.15) is 0 Å². The van der Waals surface area contributed by atoms with Crippen LogP contribution in [0.5, 0.6) is 0 Å². The Morgan fingerprint density at radius 3 is 2.73 bits per heavy atom. The van der Waals surface area contributed by atoms with E-state index in [4.69, 9.17) is 0 Å². The second-order valence-corrected chi connectivity index (χ2v) is 6.52. The van der Waals surface area contributed by atoms with Gasteiger partial charge in [-0.05, 0) is 41.8 Å². The van der Waals surface area contributed by atoms with E-state index in [-0.39, 0.29) is 17.1 Å². The third kappa shape index (κ3) is 3.02. The third-order valence-corrected chi connectivity index (χ3v) is 5.16. The predicted molar refractivity (Wildman–Crippen MR) is 88.5 cm³/mol. The molecule has 2 aromatic carbocycles. The number of carbonyl (C=O) groups is 1. The number of benzene rings is 2. The molecular weight excluding hydrogens is 297 g/mol. The first-order valence-electron chi connectivity index (χ1n) is 7.46. The van der Waals surface area contributed by atoms with Crippen molar-refractivity contribution in [1.29, 1.82) is 0 Å². The minimum absolute atomic E-state index is 0.0157. The van der Waals surface area contributed by atoms with Crippen molar-refractivity contribution in [2.75, 3.05) is 12.3 Å². The number of halogens is 1. The maximum absolute atomic E-state index is 13.4. The number of rotatable bonds is 3. The normalized spacial score (nSPS) is 17.7. The third-order valence-electron chi connectivity index (χ3n) is 3.89. The molecule has 3 rings (SSSR count). The van der Waals surface area contributed by atoms with Gasteiger partial charge in [0.1, 0.15) is 11.2 Å². The number of hydrogen-bond donors (Lipinski definition) is 0. The zero-order chi connectivity index (χ0) is 15.5. The zero-order valence-electron chi connectivity index (χ0n) is 12.5. The molecule has 2 nitrogen and oxygen atoms in total. The van der Waals surface area contributed by atoms with Crippen molar-refractivity contribution in [2.24, 2.45) is 0 Å². The Balaban J connectivity index is 1.84. The van der Waals surface area contributed by atoms with Crippen molar-refractivity contribution in [3.63, 3.8) is 0 Å². The summed E-state index contributed by atoms with van der Waals surface area (Å²) in [6.45, 7) is 2.79. The van der Waals surface area contributed by atoms with Crippen LogP contribution in [0.2, 0.25) is 0 Å². The minimum Gasteiger partial charge on any atom is -0.322 e. The molecule has 1 saturated heterocycles. The average Bonchev–Trinajstić information content (AvgIpc) is 3.04. The van der Waals surface area contributed by atoms with Gasteiger partial charge in [0.05, 0.1) is 0 Å². The van der Waals surface area contributed by atoms with Crippen LogP contribution in [-0.4, -0.2) is 23.1 Å². The molecule has 0 radical (unpaired) electrons. The molecular formula is C18H18FNOS. The Hall–Kier alpha value is -1.81. The lowest BCUT2D eigenvalue weighted by molar-refractivity contribution is 0.0760. The minimum atomic E-state index is -0.260. The Bertz CT molecular complexity index is 671. The van der Waals surface area contributed by atoms with Crippen LogP contribution < -0.4 is 0 Å². The maximum Gasteiger partial charge on any atom is 0.255 e. The molecule has 0 bridgehead atoms. The largest absolute Gasteiger partial charge is 0.322 e. The molecule has 1 heterocycles. The van der Waals surface area contributed by atoms with E-state index in [2.05, 4.69) is 6.92 Å². The fourth-order valence-corrected chi connectivity index (χ4v) is 3.91. The molecule has 0 N–H and O–H groups in total. The fraction of sp³-hybridized carbons (Fsp3) is 0.278. The fourth-order valence-electron chi connectivity index (χ4n) is 2.66. The molecule has 0 aromatic heterocycles. The maximum atomic E-state index is 13.4. The molecule has 4 heteroatoms. The summed E-state index contributed by atoms with van der Waals surface area (Å²) in [5.74, 6) is 0.631. The van der Waals surface area contributed by atoms with Crippen molar-refractivity contribution in [1.82, 2.24) is 4.90 Å². The molecule has 1 amide bonds. The van der Waals surface area contributed by atoms with Gasteiger partial charge in [0.2, 0.25) is 0 Å². The van der Waals surface area contributed by atoms with E-state index in [1.807, 2.05) is 35.2 Å². The summed E-state index contributed by atoms with van der Waals surface area (Å²) in [7, 11) is 0. The lowest BCUT2D eigenvalue weighted by Gasteiger charge is -2.24. The van der Waals surface area contributed by atoms with E-state index in [1.165, 1.54) is 17.7 Å². The number of hydrogen-bond acceptors (Lipinski definition) is 2. The standard InChI is InChI=1S/C18H18FNOS/c1-2-13-6-8-14(9-7-13)17(21)20-10-11-22-18(20)15-4-3-5-16(19)12-15/h3-9,12,18H,2,10-11H2,1H3/t18-/m0/s1. The highest BCUT2D eigenvalue weighted by atomic mass is 32.2. The number of thioether (sulfide) groups is 1. The van der Waals surface area contributed by atoms with Crippen molar-refractivity contribution in [2.45, 2.75) is 18.7 Å². The summed E-state index contributed by atoms with van der Waals surface area (Å²) in [5, 5.41) is -0.103. The van der Waals surface area contributed by atoms with Gasteiger partial charge in [0.25, 0.3) is 5.91 Å². The van der Waals surface area contributed by atoms with Crippen molar-refractivity contribution in [3.05, 3.63) is 71.0 Å². The van der Waals surface area contributed by atoms with E-state index in [0.29, 0.717) is 12.1 Å². The van der Waals surface area contributed by atoms with E-state index in [1.54, 1.807) is 17.8 Å². The smallest absolute Gasteiger partial charge is 0.255 e. The van der Waals surface area contributed by atoms with Crippen LogP contribution in [0.25, 0.3) is 0 Å². The quantitative estimate of drug-likeness (QED) is 0.843. The first kappa shape index (κ1) is 15.1. The Morgan fingerprint density at radius 2 is 2.05 bits per heavy atom. The van der Waals surface area contributed by atoms with Crippen LogP contribution in [-0.2, 0) is 6.42 Å². The summed E-state index contributed by atoms with van der Waals surface area (Å²) in [5.41, 5.74) is 2.76. The number of carbonyl (C=O) groups excluding carboxylic acids is 1. The topological polar surface area (TPSA) is 20.3 Å². The van der Waals surface area contributed by atoms with Crippen molar-refractivity contribution < 1.29 is 9.18 Å². The molecule has 0 unspecified atom stereocenters. The summed E-state index contributed by atoms with van der Waals surface area (Å²) in [4.78, 5) is 14.6. The molecule has 1 atom stereocenters.